The van der Waals surface area contributed by atoms with E-state index in [2.05, 4.69) is 29.1 Å². The second-order valence-corrected chi connectivity index (χ2v) is 15.2. The van der Waals surface area contributed by atoms with E-state index in [-0.39, 0.29) is 34.0 Å². The van der Waals surface area contributed by atoms with Crippen LogP contribution in [0.5, 0.6) is 0 Å². The molecule has 0 saturated heterocycles. The first-order valence-electron chi connectivity index (χ1n) is 21.8. The van der Waals surface area contributed by atoms with Crippen molar-refractivity contribution in [2.24, 2.45) is 0 Å². The fourth-order valence-corrected chi connectivity index (χ4v) is 7.46. The van der Waals surface area contributed by atoms with E-state index >= 15 is 0 Å². The molecule has 4 rings (SSSR count). The molecule has 1 N–H and O–H groups in total. The van der Waals surface area contributed by atoms with Gasteiger partial charge in [-0.2, -0.15) is 9.13 Å². The Morgan fingerprint density at radius 1 is 0.534 bits per heavy atom. The van der Waals surface area contributed by atoms with E-state index in [1.165, 1.54) is 89.9 Å². The van der Waals surface area contributed by atoms with Crippen LogP contribution in [0.1, 0.15) is 154 Å². The normalized spacial score (nSPS) is 12.7. The van der Waals surface area contributed by atoms with Crippen LogP contribution in [0.15, 0.2) is 102 Å². The maximum absolute atomic E-state index is 14.4. The summed E-state index contributed by atoms with van der Waals surface area (Å²) in [7, 11) is 0. The Kier molecular flexibility index (Phi) is 27.5. The number of benzene rings is 1. The van der Waals surface area contributed by atoms with Crippen LogP contribution >= 0.6 is 0 Å². The van der Waals surface area contributed by atoms with Gasteiger partial charge in [0, 0.05) is 0 Å². The number of nitrogens with zero attached hydrogens (tertiary/aromatic N) is 4. The molecule has 0 amide bonds. The lowest BCUT2D eigenvalue weighted by molar-refractivity contribution is -0.692. The summed E-state index contributed by atoms with van der Waals surface area (Å²) in [6.45, 7) is 5.89. The molecule has 1 aromatic carbocycles. The summed E-state index contributed by atoms with van der Waals surface area (Å²) in [6, 6.07) is 9.81. The number of halogens is 2. The van der Waals surface area contributed by atoms with E-state index in [0.717, 1.165) is 44.1 Å². The Bertz CT molecular complexity index is 1510. The number of allylic oxidation sites excluding steroid dienone is 2. The number of hydrogen-bond acceptors (Lipinski definition) is 7. The molecule has 1 aliphatic heterocycles. The van der Waals surface area contributed by atoms with Gasteiger partial charge in [0.05, 0.1) is 66.5 Å². The molecule has 3 heterocycles. The van der Waals surface area contributed by atoms with Gasteiger partial charge in [-0.05, 0) is 18.4 Å². The summed E-state index contributed by atoms with van der Waals surface area (Å²) in [5, 5.41) is 3.57. The molecule has 9 nitrogen and oxygen atoms in total. The highest BCUT2D eigenvalue weighted by atomic mass is 79.9. The Balaban J connectivity index is 0.00000580. The number of ether oxygens (including phenoxy) is 2. The van der Waals surface area contributed by atoms with Crippen LogP contribution in [0.2, 0.25) is 0 Å². The zero-order valence-corrected chi connectivity index (χ0v) is 38.4. The predicted octanol–water partition coefficient (Wildman–Crippen LogP) is 3.58. The summed E-state index contributed by atoms with van der Waals surface area (Å²) >= 11 is 0. The minimum absolute atomic E-state index is 0. The lowest BCUT2D eigenvalue weighted by Gasteiger charge is -2.31. The quantitative estimate of drug-likeness (QED) is 0.0647. The number of unbranched alkanes of at least 4 members (excludes halogenated alkanes) is 18. The van der Waals surface area contributed by atoms with Gasteiger partial charge in [0.1, 0.15) is 0 Å². The topological polar surface area (TPSA) is 98.2 Å². The number of carbonyl (C=O) groups is 2. The molecule has 0 atom stereocenters. The second-order valence-electron chi connectivity index (χ2n) is 15.2. The van der Waals surface area contributed by atoms with Crippen molar-refractivity contribution < 1.29 is 62.2 Å². The summed E-state index contributed by atoms with van der Waals surface area (Å²) < 4.78 is 16.1. The molecule has 2 aromatic heterocycles. The second kappa shape index (κ2) is 31.5. The number of dihydropyridines is 1. The standard InChI is InChI=1S/C47H68N5O4.2BrH/c1-3-5-7-9-11-13-15-17-19-24-36-55-46(53)44-41(38-51-32-28-48-29-33-51)50-42(39-52-34-30-49-31-35-52)45(43(44)40-26-22-21-23-27-40)47(54)56-37-25-20-18-16-14-12-10-8-6-4-2;;/h21-23,26-35,43H,3-20,24-25,36-39H2,1-2H3;2*1H/q+1;;/p-1. The third kappa shape index (κ3) is 18.6. The molecule has 320 valence electrons. The smallest absolute Gasteiger partial charge is 0.337 e. The average molecular weight is 928 g/mol. The molecule has 3 aromatic rings. The molecule has 1 aliphatic rings. The van der Waals surface area contributed by atoms with Crippen LogP contribution in [-0.4, -0.2) is 35.1 Å². The van der Waals surface area contributed by atoms with Gasteiger partial charge in [0.2, 0.25) is 0 Å². The Morgan fingerprint density at radius 3 is 1.24 bits per heavy atom. The molecule has 58 heavy (non-hydrogen) atoms. The monoisotopic (exact) mass is 925 g/mol. The van der Waals surface area contributed by atoms with Gasteiger partial charge in [-0.15, -0.1) is 0 Å². The van der Waals surface area contributed by atoms with Gasteiger partial charge in [-0.1, -0.05) is 160 Å². The average Bonchev–Trinajstić information content (AvgIpc) is 3.22. The fraction of sp³-hybridized carbons (Fsp3) is 0.574. The lowest BCUT2D eigenvalue weighted by atomic mass is 9.80. The molecule has 0 aliphatic carbocycles. The highest BCUT2D eigenvalue weighted by Gasteiger charge is 2.41. The molecule has 0 bridgehead atoms. The lowest BCUT2D eigenvalue weighted by Crippen LogP contribution is -3.00. The maximum atomic E-state index is 14.4. The van der Waals surface area contributed by atoms with Crippen molar-refractivity contribution in [3.63, 3.8) is 0 Å². The zero-order chi connectivity index (χ0) is 39.5. The van der Waals surface area contributed by atoms with Crippen molar-refractivity contribution in [3.8, 4) is 0 Å². The summed E-state index contributed by atoms with van der Waals surface area (Å²) in [4.78, 5) is 37.2. The molecule has 0 spiro atoms. The highest BCUT2D eigenvalue weighted by Crippen LogP contribution is 2.40. The van der Waals surface area contributed by atoms with Gasteiger partial charge in [-0.3, -0.25) is 9.97 Å². The predicted molar refractivity (Wildman–Crippen MR) is 221 cm³/mol. The first kappa shape index (κ1) is 50.7. The van der Waals surface area contributed by atoms with Crippen molar-refractivity contribution >= 4 is 11.9 Å². The van der Waals surface area contributed by atoms with Gasteiger partial charge in [0.15, 0.2) is 37.9 Å². The Labute approximate surface area is 370 Å². The van der Waals surface area contributed by atoms with Crippen molar-refractivity contribution in [1.29, 1.82) is 0 Å². The Hall–Kier alpha value is -3.44. The van der Waals surface area contributed by atoms with Crippen molar-refractivity contribution in [1.82, 2.24) is 15.3 Å². The summed E-state index contributed by atoms with van der Waals surface area (Å²) in [5.74, 6) is -1.52. The van der Waals surface area contributed by atoms with Gasteiger partial charge in [-0.25, -0.2) is 9.59 Å². The number of esters is 2. The van der Waals surface area contributed by atoms with E-state index in [1.54, 1.807) is 24.8 Å². The minimum Gasteiger partial charge on any atom is -1.00 e. The SMILES string of the molecule is CCCCCCCCCCCCOC(=O)C1=C(C[n+]2ccncc2)NC(C[n+]2ccncc2)=C(C(=O)OCCCCCCCCCCCC)C1c1ccccc1.[Br-].[Br-]. The first-order valence-corrected chi connectivity index (χ1v) is 21.8. The van der Waals surface area contributed by atoms with Crippen LogP contribution < -0.4 is 48.4 Å². The van der Waals surface area contributed by atoms with Gasteiger partial charge >= 0.3 is 11.9 Å². The molecular weight excluding hydrogens is 858 g/mol. The highest BCUT2D eigenvalue weighted by molar-refractivity contribution is 6.00. The number of hydrogen-bond donors (Lipinski definition) is 1. The van der Waals surface area contributed by atoms with E-state index < -0.39 is 17.9 Å². The van der Waals surface area contributed by atoms with Crippen molar-refractivity contribution in [2.45, 2.75) is 161 Å². The minimum atomic E-state index is -0.687. The zero-order valence-electron chi connectivity index (χ0n) is 35.2. The fourth-order valence-electron chi connectivity index (χ4n) is 7.46. The van der Waals surface area contributed by atoms with Crippen LogP contribution in [0.3, 0.4) is 0 Å². The van der Waals surface area contributed by atoms with E-state index in [9.17, 15) is 9.59 Å². The summed E-state index contributed by atoms with van der Waals surface area (Å²) in [6.07, 6.45) is 38.4. The number of carbonyl (C=O) groups excluding carboxylic acids is 2. The first-order chi connectivity index (χ1) is 27.6. The van der Waals surface area contributed by atoms with Crippen LogP contribution in [0.25, 0.3) is 0 Å². The molecule has 11 heteroatoms. The maximum Gasteiger partial charge on any atom is 0.337 e. The van der Waals surface area contributed by atoms with Crippen LogP contribution in [0, 0.1) is 0 Å². The molecule has 0 saturated carbocycles. The van der Waals surface area contributed by atoms with Gasteiger partial charge < -0.3 is 48.8 Å². The molecule has 0 unspecified atom stereocenters. The van der Waals surface area contributed by atoms with E-state index in [0.29, 0.717) is 48.8 Å². The number of rotatable bonds is 29. The van der Waals surface area contributed by atoms with Crippen molar-refractivity contribution in [3.05, 3.63) is 108 Å². The number of nitrogens with one attached hydrogen (secondary N) is 1. The summed E-state index contributed by atoms with van der Waals surface area (Å²) in [5.41, 5.74) is 3.06. The largest absolute Gasteiger partial charge is 1.00 e. The van der Waals surface area contributed by atoms with Crippen molar-refractivity contribution in [2.75, 3.05) is 13.2 Å². The van der Waals surface area contributed by atoms with Crippen LogP contribution in [-0.2, 0) is 32.2 Å². The molecular formula is C47H69Br2N5O4. The third-order valence-electron chi connectivity index (χ3n) is 10.6. The number of aromatic nitrogens is 4. The van der Waals surface area contributed by atoms with E-state index in [4.69, 9.17) is 9.47 Å². The Morgan fingerprint density at radius 2 is 0.879 bits per heavy atom. The van der Waals surface area contributed by atoms with E-state index in [1.807, 2.05) is 64.3 Å². The molecule has 0 radical (unpaired) electrons. The van der Waals surface area contributed by atoms with Crippen LogP contribution in [0.4, 0.5) is 0 Å². The van der Waals surface area contributed by atoms with Gasteiger partial charge in [0.25, 0.3) is 0 Å². The molecule has 0 fully saturated rings. The third-order valence-corrected chi connectivity index (χ3v) is 10.6.